The molecule has 2 heterocycles. The summed E-state index contributed by atoms with van der Waals surface area (Å²) in [4.78, 5) is 8.93. The highest BCUT2D eigenvalue weighted by Gasteiger charge is 2.23. The highest BCUT2D eigenvalue weighted by atomic mass is 127. The number of halogens is 2. The quantitative estimate of drug-likeness (QED) is 0.365. The zero-order chi connectivity index (χ0) is 19.9. The Bertz CT molecular complexity index is 774. The molecule has 1 aliphatic rings. The Balaban J connectivity index is 0.00000300. The molecule has 0 spiro atoms. The molecule has 1 aromatic carbocycles. The van der Waals surface area contributed by atoms with Crippen LogP contribution in [0.4, 0.5) is 4.39 Å². The van der Waals surface area contributed by atoms with Crippen molar-refractivity contribution in [1.29, 1.82) is 0 Å². The van der Waals surface area contributed by atoms with E-state index in [0.717, 1.165) is 44.4 Å². The Morgan fingerprint density at radius 2 is 1.93 bits per heavy atom. The lowest BCUT2D eigenvalue weighted by Gasteiger charge is -2.35. The van der Waals surface area contributed by atoms with E-state index in [1.807, 2.05) is 38.5 Å². The van der Waals surface area contributed by atoms with Gasteiger partial charge in [-0.1, -0.05) is 12.1 Å². The summed E-state index contributed by atoms with van der Waals surface area (Å²) < 4.78 is 21.0. The Hall–Kier alpha value is -1.65. The minimum Gasteiger partial charge on any atom is -0.379 e. The molecule has 3 rings (SSSR count). The molecule has 1 aliphatic heterocycles. The van der Waals surface area contributed by atoms with E-state index in [1.165, 1.54) is 17.8 Å². The fourth-order valence-corrected chi connectivity index (χ4v) is 3.58. The van der Waals surface area contributed by atoms with Gasteiger partial charge in [-0.05, 0) is 29.8 Å². The number of ether oxygens (including phenoxy) is 1. The Morgan fingerprint density at radius 3 is 2.52 bits per heavy atom. The topological polar surface area (TPSA) is 45.0 Å². The van der Waals surface area contributed by atoms with Crippen molar-refractivity contribution in [3.05, 3.63) is 59.7 Å². The van der Waals surface area contributed by atoms with Crippen LogP contribution in [0.15, 0.2) is 47.6 Å². The number of morpholine rings is 1. The number of aromatic nitrogens is 1. The second-order valence-electron chi connectivity index (χ2n) is 7.11. The normalized spacial score (nSPS) is 16.2. The predicted molar refractivity (Wildman–Crippen MR) is 125 cm³/mol. The van der Waals surface area contributed by atoms with Gasteiger partial charge < -0.3 is 19.5 Å². The van der Waals surface area contributed by atoms with Gasteiger partial charge in [0.1, 0.15) is 5.82 Å². The zero-order valence-electron chi connectivity index (χ0n) is 17.3. The van der Waals surface area contributed by atoms with Gasteiger partial charge in [-0.3, -0.25) is 9.89 Å². The molecule has 0 saturated carbocycles. The number of aryl methyl sites for hydroxylation is 1. The molecule has 0 aliphatic carbocycles. The van der Waals surface area contributed by atoms with Gasteiger partial charge in [0, 0.05) is 52.7 Å². The maximum absolute atomic E-state index is 13.4. The molecule has 8 heteroatoms. The third-order valence-corrected chi connectivity index (χ3v) is 5.22. The maximum Gasteiger partial charge on any atom is 0.193 e. The molecule has 1 N–H and O–H groups in total. The first-order valence-electron chi connectivity index (χ1n) is 9.67. The van der Waals surface area contributed by atoms with Gasteiger partial charge in [0.25, 0.3) is 0 Å². The third kappa shape index (κ3) is 6.42. The van der Waals surface area contributed by atoms with Crippen LogP contribution in [0.25, 0.3) is 0 Å². The first-order chi connectivity index (χ1) is 13.6. The van der Waals surface area contributed by atoms with E-state index in [4.69, 9.17) is 4.74 Å². The SMILES string of the molecule is CN=C(NCC(c1ccc(F)cc1)N1CCOCC1)N(C)Cc1cccn1C.I. The predicted octanol–water partition coefficient (Wildman–Crippen LogP) is 2.86. The average Bonchev–Trinajstić information content (AvgIpc) is 3.11. The van der Waals surface area contributed by atoms with Gasteiger partial charge in [0.15, 0.2) is 5.96 Å². The molecule has 160 valence electrons. The van der Waals surface area contributed by atoms with E-state index >= 15 is 0 Å². The van der Waals surface area contributed by atoms with E-state index in [0.29, 0.717) is 6.54 Å². The molecule has 1 unspecified atom stereocenters. The third-order valence-electron chi connectivity index (χ3n) is 5.22. The second kappa shape index (κ2) is 11.5. The molecule has 1 fully saturated rings. The van der Waals surface area contributed by atoms with Crippen LogP contribution in [0.5, 0.6) is 0 Å². The smallest absolute Gasteiger partial charge is 0.193 e. The molecule has 29 heavy (non-hydrogen) atoms. The molecule has 6 nitrogen and oxygen atoms in total. The van der Waals surface area contributed by atoms with E-state index < -0.39 is 0 Å². The number of benzene rings is 1. The molecule has 0 amide bonds. The van der Waals surface area contributed by atoms with E-state index in [1.54, 1.807) is 7.05 Å². The highest BCUT2D eigenvalue weighted by molar-refractivity contribution is 14.0. The largest absolute Gasteiger partial charge is 0.379 e. The summed E-state index contributed by atoms with van der Waals surface area (Å²) in [5.41, 5.74) is 2.31. The number of aliphatic imine (C=N–C) groups is 1. The van der Waals surface area contributed by atoms with E-state index in [-0.39, 0.29) is 35.8 Å². The van der Waals surface area contributed by atoms with Crippen molar-refractivity contribution in [3.8, 4) is 0 Å². The van der Waals surface area contributed by atoms with Crippen LogP contribution in [-0.2, 0) is 18.3 Å². The molecule has 0 bridgehead atoms. The fraction of sp³-hybridized carbons (Fsp3) is 0.476. The maximum atomic E-state index is 13.4. The van der Waals surface area contributed by atoms with Crippen LogP contribution in [-0.4, -0.2) is 67.3 Å². The standard InChI is InChI=1S/C21H30FN5O.HI/c1-23-21(26(3)16-19-5-4-10-25(19)2)24-15-20(27-11-13-28-14-12-27)17-6-8-18(22)9-7-17;/h4-10,20H,11-16H2,1-3H3,(H,23,24);1H. The van der Waals surface area contributed by atoms with Gasteiger partial charge in [0.05, 0.1) is 25.8 Å². The molecule has 0 radical (unpaired) electrons. The summed E-state index contributed by atoms with van der Waals surface area (Å²) in [6, 6.07) is 11.1. The monoisotopic (exact) mass is 515 g/mol. The summed E-state index contributed by atoms with van der Waals surface area (Å²) >= 11 is 0. The van der Waals surface area contributed by atoms with Gasteiger partial charge in [-0.25, -0.2) is 4.39 Å². The summed E-state index contributed by atoms with van der Waals surface area (Å²) in [5, 5.41) is 3.50. The summed E-state index contributed by atoms with van der Waals surface area (Å²) in [7, 11) is 5.87. The molecule has 1 aromatic heterocycles. The van der Waals surface area contributed by atoms with Crippen molar-refractivity contribution in [2.75, 3.05) is 46.9 Å². The fourth-order valence-electron chi connectivity index (χ4n) is 3.58. The first-order valence-corrected chi connectivity index (χ1v) is 9.67. The van der Waals surface area contributed by atoms with Crippen LogP contribution in [0.1, 0.15) is 17.3 Å². The van der Waals surface area contributed by atoms with Crippen molar-refractivity contribution >= 4 is 29.9 Å². The van der Waals surface area contributed by atoms with E-state index in [2.05, 4.69) is 30.7 Å². The Kier molecular flexibility index (Phi) is 9.38. The van der Waals surface area contributed by atoms with Crippen LogP contribution >= 0.6 is 24.0 Å². The molecule has 1 saturated heterocycles. The zero-order valence-corrected chi connectivity index (χ0v) is 19.7. The van der Waals surface area contributed by atoms with Crippen molar-refractivity contribution in [2.24, 2.45) is 12.0 Å². The van der Waals surface area contributed by atoms with Crippen LogP contribution in [0.3, 0.4) is 0 Å². The Labute approximate surface area is 189 Å². The summed E-state index contributed by atoms with van der Waals surface area (Å²) in [6.07, 6.45) is 2.04. The lowest BCUT2D eigenvalue weighted by atomic mass is 10.0. The summed E-state index contributed by atoms with van der Waals surface area (Å²) in [5.74, 6) is 0.622. The highest BCUT2D eigenvalue weighted by Crippen LogP contribution is 2.22. The van der Waals surface area contributed by atoms with Gasteiger partial charge in [-0.2, -0.15) is 0 Å². The molecule has 1 atom stereocenters. The second-order valence-corrected chi connectivity index (χ2v) is 7.11. The van der Waals surface area contributed by atoms with Gasteiger partial charge in [-0.15, -0.1) is 24.0 Å². The minimum absolute atomic E-state index is 0. The van der Waals surface area contributed by atoms with Crippen molar-refractivity contribution in [1.82, 2.24) is 19.7 Å². The van der Waals surface area contributed by atoms with Crippen molar-refractivity contribution < 1.29 is 9.13 Å². The number of hydrogen-bond donors (Lipinski definition) is 1. The lowest BCUT2D eigenvalue weighted by molar-refractivity contribution is 0.0169. The molecular formula is C21H31FIN5O. The minimum atomic E-state index is -0.212. The number of hydrogen-bond acceptors (Lipinski definition) is 3. The van der Waals surface area contributed by atoms with Crippen LogP contribution in [0, 0.1) is 5.82 Å². The molecule has 2 aromatic rings. The lowest BCUT2D eigenvalue weighted by Crippen LogP contribution is -2.46. The summed E-state index contributed by atoms with van der Waals surface area (Å²) in [6.45, 7) is 4.63. The number of guanidine groups is 1. The van der Waals surface area contributed by atoms with E-state index in [9.17, 15) is 4.39 Å². The number of nitrogens with one attached hydrogen (secondary N) is 1. The number of nitrogens with zero attached hydrogens (tertiary/aromatic N) is 4. The number of rotatable bonds is 6. The molecular weight excluding hydrogens is 484 g/mol. The van der Waals surface area contributed by atoms with Crippen molar-refractivity contribution in [2.45, 2.75) is 12.6 Å². The Morgan fingerprint density at radius 1 is 1.24 bits per heavy atom. The first kappa shape index (κ1) is 23.6. The van der Waals surface area contributed by atoms with Gasteiger partial charge in [0.2, 0.25) is 0 Å². The van der Waals surface area contributed by atoms with Crippen LogP contribution < -0.4 is 5.32 Å². The average molecular weight is 515 g/mol. The van der Waals surface area contributed by atoms with Crippen molar-refractivity contribution in [3.63, 3.8) is 0 Å². The van der Waals surface area contributed by atoms with Crippen LogP contribution in [0.2, 0.25) is 0 Å². The van der Waals surface area contributed by atoms with Gasteiger partial charge >= 0.3 is 0 Å².